The standard InChI is InChI=1S/C8F12O2/c9-1(21)3(11)5(13,14)4(12,2(10)22)7(17,18)8(19,20)6(3,15)16. The third-order valence-corrected chi connectivity index (χ3v) is 3.06. The van der Waals surface area contributed by atoms with E-state index in [1.807, 2.05) is 0 Å². The topological polar surface area (TPSA) is 34.1 Å². The summed E-state index contributed by atoms with van der Waals surface area (Å²) < 4.78 is 155. The summed E-state index contributed by atoms with van der Waals surface area (Å²) in [5, 5.41) is 0. The SMILES string of the molecule is O=C(F)C1(F)C(F)(F)C(F)(F)C(F)(F)C(F)(C(=O)F)C1(F)F. The molecule has 0 aromatic rings. The fourth-order valence-electron chi connectivity index (χ4n) is 1.76. The van der Waals surface area contributed by atoms with E-state index in [1.54, 1.807) is 0 Å². The predicted molar refractivity (Wildman–Crippen MR) is 39.7 cm³/mol. The second-order valence-electron chi connectivity index (χ2n) is 4.16. The number of hydrogen-bond donors (Lipinski definition) is 0. The number of rotatable bonds is 2. The highest BCUT2D eigenvalue weighted by molar-refractivity contribution is 5.89. The molecule has 1 saturated carbocycles. The number of carbonyl (C=O) groups is 2. The zero-order chi connectivity index (χ0) is 18.2. The predicted octanol–water partition coefficient (Wildman–Crippen LogP) is 2.95. The van der Waals surface area contributed by atoms with Crippen molar-refractivity contribution in [2.24, 2.45) is 0 Å². The Kier molecular flexibility index (Phi) is 3.43. The van der Waals surface area contributed by atoms with Gasteiger partial charge in [-0.25, -0.2) is 8.78 Å². The van der Waals surface area contributed by atoms with Crippen LogP contribution in [0.15, 0.2) is 0 Å². The molecular formula is C8F12O2. The van der Waals surface area contributed by atoms with E-state index < -0.39 is 47.1 Å². The second-order valence-corrected chi connectivity index (χ2v) is 4.16. The monoisotopic (exact) mass is 356 g/mol. The molecule has 1 aliphatic carbocycles. The summed E-state index contributed by atoms with van der Waals surface area (Å²) in [5.41, 5.74) is -14.5. The summed E-state index contributed by atoms with van der Waals surface area (Å²) in [6.07, 6.45) is 0. The van der Waals surface area contributed by atoms with Gasteiger partial charge in [0.1, 0.15) is 0 Å². The van der Waals surface area contributed by atoms with Gasteiger partial charge in [0.05, 0.1) is 0 Å². The van der Waals surface area contributed by atoms with Crippen LogP contribution in [0.4, 0.5) is 52.7 Å². The summed E-state index contributed by atoms with van der Waals surface area (Å²) in [5.74, 6) is -30.1. The van der Waals surface area contributed by atoms with Gasteiger partial charge < -0.3 is 0 Å². The maximum absolute atomic E-state index is 13.3. The van der Waals surface area contributed by atoms with Gasteiger partial charge in [-0.15, -0.1) is 0 Å². The molecule has 2 nitrogen and oxygen atoms in total. The largest absolute Gasteiger partial charge is 0.380 e. The van der Waals surface area contributed by atoms with Crippen LogP contribution < -0.4 is 0 Å². The maximum Gasteiger partial charge on any atom is 0.380 e. The van der Waals surface area contributed by atoms with E-state index in [0.29, 0.717) is 0 Å². The van der Waals surface area contributed by atoms with Gasteiger partial charge in [0.2, 0.25) is 0 Å². The van der Waals surface area contributed by atoms with Crippen molar-refractivity contribution in [2.75, 3.05) is 0 Å². The third-order valence-electron chi connectivity index (χ3n) is 3.06. The molecule has 0 amide bonds. The maximum atomic E-state index is 13.3. The molecule has 0 aliphatic heterocycles. The average Bonchev–Trinajstić information content (AvgIpc) is 2.33. The quantitative estimate of drug-likeness (QED) is 0.563. The molecule has 2 atom stereocenters. The molecule has 0 N–H and O–H groups in total. The van der Waals surface area contributed by atoms with Crippen molar-refractivity contribution in [1.82, 2.24) is 0 Å². The molecule has 0 radical (unpaired) electrons. The highest BCUT2D eigenvalue weighted by atomic mass is 19.4. The van der Waals surface area contributed by atoms with Crippen molar-refractivity contribution in [1.29, 1.82) is 0 Å². The van der Waals surface area contributed by atoms with Crippen molar-refractivity contribution in [3.05, 3.63) is 0 Å². The average molecular weight is 356 g/mol. The first-order valence-corrected chi connectivity index (χ1v) is 4.68. The lowest BCUT2D eigenvalue weighted by molar-refractivity contribution is -0.444. The van der Waals surface area contributed by atoms with Crippen LogP contribution in [0.5, 0.6) is 0 Å². The summed E-state index contributed by atoms with van der Waals surface area (Å²) in [7, 11) is 0. The number of carbonyl (C=O) groups excluding carboxylic acids is 2. The van der Waals surface area contributed by atoms with E-state index in [2.05, 4.69) is 0 Å². The molecule has 0 aromatic carbocycles. The first-order chi connectivity index (χ1) is 9.39. The van der Waals surface area contributed by atoms with Gasteiger partial charge in [-0.1, -0.05) is 0 Å². The Morgan fingerprint density at radius 3 is 0.864 bits per heavy atom. The molecule has 1 aliphatic rings. The van der Waals surface area contributed by atoms with E-state index >= 15 is 0 Å². The molecule has 128 valence electrons. The third kappa shape index (κ3) is 1.36. The molecule has 22 heavy (non-hydrogen) atoms. The summed E-state index contributed by atoms with van der Waals surface area (Å²) >= 11 is 0. The van der Waals surface area contributed by atoms with Crippen molar-refractivity contribution in [2.45, 2.75) is 35.0 Å². The summed E-state index contributed by atoms with van der Waals surface area (Å²) in [6, 6.07) is -9.41. The van der Waals surface area contributed by atoms with E-state index in [1.165, 1.54) is 0 Å². The minimum absolute atomic E-state index is 4.71. The second kappa shape index (κ2) is 4.07. The Hall–Kier alpha value is -1.50. The van der Waals surface area contributed by atoms with Gasteiger partial charge in [-0.3, -0.25) is 9.59 Å². The van der Waals surface area contributed by atoms with E-state index in [-0.39, 0.29) is 0 Å². The van der Waals surface area contributed by atoms with Crippen molar-refractivity contribution in [3.8, 4) is 0 Å². The molecule has 0 saturated heterocycles. The molecular weight excluding hydrogens is 356 g/mol. The van der Waals surface area contributed by atoms with Crippen LogP contribution in [0.1, 0.15) is 0 Å². The smallest absolute Gasteiger partial charge is 0.257 e. The molecule has 0 heterocycles. The van der Waals surface area contributed by atoms with Crippen LogP contribution in [0, 0.1) is 0 Å². The van der Waals surface area contributed by atoms with Crippen LogP contribution in [-0.4, -0.2) is 47.1 Å². The van der Waals surface area contributed by atoms with Crippen molar-refractivity contribution in [3.63, 3.8) is 0 Å². The fourth-order valence-corrected chi connectivity index (χ4v) is 1.76. The van der Waals surface area contributed by atoms with Crippen LogP contribution in [-0.2, 0) is 9.59 Å². The van der Waals surface area contributed by atoms with Crippen LogP contribution in [0.3, 0.4) is 0 Å². The molecule has 14 heteroatoms. The van der Waals surface area contributed by atoms with Gasteiger partial charge in [0.15, 0.2) is 0 Å². The van der Waals surface area contributed by atoms with Crippen LogP contribution in [0.2, 0.25) is 0 Å². The normalized spacial score (nSPS) is 38.4. The molecule has 1 rings (SSSR count). The fraction of sp³-hybridized carbons (Fsp3) is 0.750. The molecule has 0 spiro atoms. The van der Waals surface area contributed by atoms with Crippen LogP contribution >= 0.6 is 0 Å². The highest BCUT2D eigenvalue weighted by Gasteiger charge is 3.03. The summed E-state index contributed by atoms with van der Waals surface area (Å²) in [4.78, 5) is 20.0. The first-order valence-electron chi connectivity index (χ1n) is 4.68. The van der Waals surface area contributed by atoms with Crippen LogP contribution in [0.25, 0.3) is 0 Å². The lowest BCUT2D eigenvalue weighted by atomic mass is 9.67. The Balaban J connectivity index is 4.04. The van der Waals surface area contributed by atoms with Crippen molar-refractivity contribution < 1.29 is 62.3 Å². The summed E-state index contributed by atoms with van der Waals surface area (Å²) in [6.45, 7) is 0. The minimum Gasteiger partial charge on any atom is -0.257 e. The lowest BCUT2D eigenvalue weighted by Crippen LogP contribution is -2.87. The van der Waals surface area contributed by atoms with E-state index in [9.17, 15) is 62.3 Å². The lowest BCUT2D eigenvalue weighted by Gasteiger charge is -2.51. The van der Waals surface area contributed by atoms with Gasteiger partial charge in [-0.05, 0) is 0 Å². The zero-order valence-corrected chi connectivity index (χ0v) is 9.35. The van der Waals surface area contributed by atoms with E-state index in [4.69, 9.17) is 0 Å². The molecule has 0 bridgehead atoms. The van der Waals surface area contributed by atoms with Gasteiger partial charge in [0.25, 0.3) is 0 Å². The highest BCUT2D eigenvalue weighted by Crippen LogP contribution is 2.69. The van der Waals surface area contributed by atoms with Gasteiger partial charge in [-0.2, -0.15) is 43.9 Å². The Bertz CT molecular complexity index is 497. The Morgan fingerprint density at radius 1 is 0.455 bits per heavy atom. The zero-order valence-electron chi connectivity index (χ0n) is 9.35. The minimum atomic E-state index is -7.56. The molecule has 1 fully saturated rings. The van der Waals surface area contributed by atoms with Gasteiger partial charge in [0, 0.05) is 0 Å². The number of halogens is 12. The number of alkyl halides is 10. The molecule has 2 unspecified atom stereocenters. The number of hydrogen-bond acceptors (Lipinski definition) is 2. The first kappa shape index (κ1) is 18.5. The molecule has 0 aromatic heterocycles. The Labute approximate surface area is 111 Å². The van der Waals surface area contributed by atoms with Crippen molar-refractivity contribution >= 4 is 12.1 Å². The Morgan fingerprint density at radius 2 is 0.682 bits per heavy atom. The van der Waals surface area contributed by atoms with E-state index in [0.717, 1.165) is 0 Å². The van der Waals surface area contributed by atoms with Gasteiger partial charge >= 0.3 is 47.1 Å².